The molecule has 1 rings (SSSR count). The van der Waals surface area contributed by atoms with Crippen LogP contribution >= 0.6 is 11.3 Å². The molecule has 0 spiro atoms. The van der Waals surface area contributed by atoms with Gasteiger partial charge >= 0.3 is 6.09 Å². The van der Waals surface area contributed by atoms with Crippen LogP contribution in [0, 0.1) is 6.92 Å². The molecule has 1 aromatic rings. The molecular weight excluding hydrogens is 186 g/mol. The molecule has 72 valence electrons. The molecule has 4 heteroatoms. The molecule has 0 aliphatic rings. The molecule has 0 saturated heterocycles. The molecule has 1 amide bonds. The second kappa shape index (κ2) is 4.28. The number of hydrogen-bond donors (Lipinski definition) is 1. The summed E-state index contributed by atoms with van der Waals surface area (Å²) in [5, 5.41) is 10.6. The van der Waals surface area contributed by atoms with E-state index in [-0.39, 0.29) is 0 Å². The van der Waals surface area contributed by atoms with Gasteiger partial charge in [-0.25, -0.2) is 4.79 Å². The van der Waals surface area contributed by atoms with Crippen molar-refractivity contribution >= 4 is 17.4 Å². The van der Waals surface area contributed by atoms with E-state index in [1.54, 1.807) is 18.4 Å². The predicted molar refractivity (Wildman–Crippen MR) is 53.4 cm³/mol. The van der Waals surface area contributed by atoms with E-state index in [0.29, 0.717) is 6.54 Å². The Kier molecular flexibility index (Phi) is 3.31. The first kappa shape index (κ1) is 10.1. The number of nitrogens with zero attached hydrogens (tertiary/aromatic N) is 1. The third-order valence-electron chi connectivity index (χ3n) is 1.97. The van der Waals surface area contributed by atoms with Crippen molar-refractivity contribution in [3.05, 3.63) is 21.9 Å². The minimum absolute atomic E-state index is 0.566. The van der Waals surface area contributed by atoms with Crippen LogP contribution < -0.4 is 0 Å². The number of aryl methyl sites for hydroxylation is 1. The summed E-state index contributed by atoms with van der Waals surface area (Å²) in [6.45, 7) is 2.61. The summed E-state index contributed by atoms with van der Waals surface area (Å²) in [5.41, 5.74) is 1.25. The summed E-state index contributed by atoms with van der Waals surface area (Å²) in [7, 11) is 1.59. The zero-order chi connectivity index (χ0) is 9.84. The fourth-order valence-electron chi connectivity index (χ4n) is 1.03. The maximum atomic E-state index is 10.5. The molecule has 1 heterocycles. The molecule has 0 fully saturated rings. The van der Waals surface area contributed by atoms with Crippen molar-refractivity contribution in [2.75, 3.05) is 13.6 Å². The Balaban J connectivity index is 2.44. The number of amides is 1. The highest BCUT2D eigenvalue weighted by molar-refractivity contribution is 7.10. The lowest BCUT2D eigenvalue weighted by Gasteiger charge is -2.11. The van der Waals surface area contributed by atoms with E-state index in [4.69, 9.17) is 5.11 Å². The maximum absolute atomic E-state index is 10.5. The van der Waals surface area contributed by atoms with Crippen LogP contribution in [0.15, 0.2) is 11.4 Å². The largest absolute Gasteiger partial charge is 0.465 e. The number of rotatable bonds is 3. The molecule has 0 saturated carbocycles. The third kappa shape index (κ3) is 2.73. The van der Waals surface area contributed by atoms with Gasteiger partial charge in [-0.2, -0.15) is 0 Å². The van der Waals surface area contributed by atoms with Crippen molar-refractivity contribution in [3.63, 3.8) is 0 Å². The van der Waals surface area contributed by atoms with Gasteiger partial charge in [-0.1, -0.05) is 0 Å². The summed E-state index contributed by atoms with van der Waals surface area (Å²) in [6.07, 6.45) is -0.0547. The Morgan fingerprint density at radius 2 is 2.38 bits per heavy atom. The van der Waals surface area contributed by atoms with Gasteiger partial charge in [-0.05, 0) is 30.4 Å². The Bertz CT molecular complexity index is 296. The lowest BCUT2D eigenvalue weighted by atomic mass is 10.2. The fraction of sp³-hybridized carbons (Fsp3) is 0.444. The predicted octanol–water partition coefficient (Wildman–Crippen LogP) is 2.21. The smallest absolute Gasteiger partial charge is 0.407 e. The second-order valence-electron chi connectivity index (χ2n) is 2.98. The van der Waals surface area contributed by atoms with Gasteiger partial charge in [-0.15, -0.1) is 11.3 Å². The highest BCUT2D eigenvalue weighted by atomic mass is 32.1. The van der Waals surface area contributed by atoms with Crippen LogP contribution in [0.5, 0.6) is 0 Å². The SMILES string of the molecule is Cc1ccsc1CCN(C)C(=O)O. The minimum atomic E-state index is -0.866. The molecule has 0 atom stereocenters. The van der Waals surface area contributed by atoms with E-state index in [2.05, 4.69) is 6.07 Å². The van der Waals surface area contributed by atoms with E-state index in [9.17, 15) is 4.79 Å². The molecule has 0 unspecified atom stereocenters. The van der Waals surface area contributed by atoms with Gasteiger partial charge in [0.25, 0.3) is 0 Å². The highest BCUT2D eigenvalue weighted by Crippen LogP contribution is 2.16. The first-order valence-electron chi connectivity index (χ1n) is 4.08. The van der Waals surface area contributed by atoms with Crippen molar-refractivity contribution in [1.82, 2.24) is 4.90 Å². The Morgan fingerprint density at radius 3 is 2.85 bits per heavy atom. The summed E-state index contributed by atoms with van der Waals surface area (Å²) in [5.74, 6) is 0. The normalized spacial score (nSPS) is 10.0. The fourth-order valence-corrected chi connectivity index (χ4v) is 1.92. The van der Waals surface area contributed by atoms with E-state index in [1.165, 1.54) is 15.3 Å². The van der Waals surface area contributed by atoms with Gasteiger partial charge in [0.15, 0.2) is 0 Å². The minimum Gasteiger partial charge on any atom is -0.465 e. The topological polar surface area (TPSA) is 40.5 Å². The first-order chi connectivity index (χ1) is 6.11. The number of likely N-dealkylation sites (N-methyl/N-ethyl adjacent to an activating group) is 1. The zero-order valence-electron chi connectivity index (χ0n) is 7.78. The van der Waals surface area contributed by atoms with Gasteiger partial charge in [-0.3, -0.25) is 0 Å². The summed E-state index contributed by atoms with van der Waals surface area (Å²) in [4.78, 5) is 13.0. The lowest BCUT2D eigenvalue weighted by molar-refractivity contribution is 0.156. The van der Waals surface area contributed by atoms with E-state index in [1.807, 2.05) is 12.3 Å². The molecule has 0 aliphatic heterocycles. The molecular formula is C9H13NO2S. The number of hydrogen-bond acceptors (Lipinski definition) is 2. The van der Waals surface area contributed by atoms with Crippen molar-refractivity contribution in [1.29, 1.82) is 0 Å². The summed E-state index contributed by atoms with van der Waals surface area (Å²) in [6, 6.07) is 2.06. The van der Waals surface area contributed by atoms with Crippen molar-refractivity contribution in [2.45, 2.75) is 13.3 Å². The molecule has 3 nitrogen and oxygen atoms in total. The second-order valence-corrected chi connectivity index (χ2v) is 3.98. The van der Waals surface area contributed by atoms with Crippen LogP contribution in [0.3, 0.4) is 0 Å². The number of carboxylic acid groups (broad SMARTS) is 1. The summed E-state index contributed by atoms with van der Waals surface area (Å²) < 4.78 is 0. The van der Waals surface area contributed by atoms with Gasteiger partial charge in [0, 0.05) is 18.5 Å². The zero-order valence-corrected chi connectivity index (χ0v) is 8.60. The Hall–Kier alpha value is -1.03. The molecule has 0 aromatic carbocycles. The van der Waals surface area contributed by atoms with E-state index < -0.39 is 6.09 Å². The van der Waals surface area contributed by atoms with Gasteiger partial charge in [0.1, 0.15) is 0 Å². The molecule has 1 N–H and O–H groups in total. The van der Waals surface area contributed by atoms with Crippen LogP contribution in [-0.2, 0) is 6.42 Å². The molecule has 0 bridgehead atoms. The van der Waals surface area contributed by atoms with Crippen molar-refractivity contribution in [3.8, 4) is 0 Å². The monoisotopic (exact) mass is 199 g/mol. The molecule has 1 aromatic heterocycles. The van der Waals surface area contributed by atoms with Crippen LogP contribution in [-0.4, -0.2) is 29.7 Å². The molecule has 0 aliphatic carbocycles. The van der Waals surface area contributed by atoms with Crippen molar-refractivity contribution in [2.24, 2.45) is 0 Å². The van der Waals surface area contributed by atoms with Gasteiger partial charge < -0.3 is 10.0 Å². The Labute approximate surface area is 81.6 Å². The average molecular weight is 199 g/mol. The lowest BCUT2D eigenvalue weighted by Crippen LogP contribution is -2.26. The Morgan fingerprint density at radius 1 is 1.69 bits per heavy atom. The van der Waals surface area contributed by atoms with Gasteiger partial charge in [0.05, 0.1) is 0 Å². The van der Waals surface area contributed by atoms with Crippen LogP contribution in [0.4, 0.5) is 4.79 Å². The van der Waals surface area contributed by atoms with E-state index in [0.717, 1.165) is 6.42 Å². The number of thiophene rings is 1. The van der Waals surface area contributed by atoms with Crippen LogP contribution in [0.25, 0.3) is 0 Å². The standard InChI is InChI=1S/C9H13NO2S/c1-7-4-6-13-8(7)3-5-10(2)9(11)12/h4,6H,3,5H2,1-2H3,(H,11,12). The quantitative estimate of drug-likeness (QED) is 0.810. The molecule has 13 heavy (non-hydrogen) atoms. The average Bonchev–Trinajstić information content (AvgIpc) is 2.47. The van der Waals surface area contributed by atoms with Crippen LogP contribution in [0.1, 0.15) is 10.4 Å². The van der Waals surface area contributed by atoms with Crippen molar-refractivity contribution < 1.29 is 9.90 Å². The number of carbonyl (C=O) groups is 1. The van der Waals surface area contributed by atoms with Crippen LogP contribution in [0.2, 0.25) is 0 Å². The third-order valence-corrected chi connectivity index (χ3v) is 3.05. The van der Waals surface area contributed by atoms with Gasteiger partial charge in [0.2, 0.25) is 0 Å². The highest BCUT2D eigenvalue weighted by Gasteiger charge is 2.06. The first-order valence-corrected chi connectivity index (χ1v) is 4.96. The summed E-state index contributed by atoms with van der Waals surface area (Å²) >= 11 is 1.68. The van der Waals surface area contributed by atoms with E-state index >= 15 is 0 Å². The molecule has 0 radical (unpaired) electrons. The maximum Gasteiger partial charge on any atom is 0.407 e.